The Kier molecular flexibility index (Phi) is 3.49. The number of aliphatic hydroxyl groups is 2. The summed E-state index contributed by atoms with van der Waals surface area (Å²) in [5, 5.41) is 25.3. The monoisotopic (exact) mass is 164 g/mol. The van der Waals surface area contributed by atoms with Gasteiger partial charge in [0, 0.05) is 0 Å². The molecule has 0 aromatic heterocycles. The molecule has 0 aliphatic heterocycles. The summed E-state index contributed by atoms with van der Waals surface area (Å²) in [5.74, 6) is -2.86. The van der Waals surface area contributed by atoms with Crippen LogP contribution in [0.4, 0.5) is 0 Å². The van der Waals surface area contributed by atoms with Gasteiger partial charge >= 0.3 is 11.9 Å². The van der Waals surface area contributed by atoms with E-state index in [0.29, 0.717) is 0 Å². The Labute approximate surface area is 62.0 Å². The number of hydrogen-bond acceptors (Lipinski definition) is 5. The zero-order chi connectivity index (χ0) is 9.02. The van der Waals surface area contributed by atoms with Crippen LogP contribution in [0, 0.1) is 0 Å². The lowest BCUT2D eigenvalue weighted by atomic mass is 10.2. The fraction of sp³-hybridized carbons (Fsp3) is 0.600. The Morgan fingerprint density at radius 2 is 1.73 bits per heavy atom. The second-order valence-electron chi connectivity index (χ2n) is 1.75. The van der Waals surface area contributed by atoms with Crippen molar-refractivity contribution in [1.82, 2.24) is 0 Å². The first-order valence-electron chi connectivity index (χ1n) is 2.67. The summed E-state index contributed by atoms with van der Waals surface area (Å²) in [5.41, 5.74) is 0. The van der Waals surface area contributed by atoms with E-state index in [0.717, 1.165) is 7.11 Å². The van der Waals surface area contributed by atoms with Crippen molar-refractivity contribution in [3.63, 3.8) is 0 Å². The third-order valence-electron chi connectivity index (χ3n) is 0.995. The van der Waals surface area contributed by atoms with Crippen molar-refractivity contribution in [2.24, 2.45) is 0 Å². The summed E-state index contributed by atoms with van der Waals surface area (Å²) in [4.78, 5) is 20.3. The van der Waals surface area contributed by atoms with Crippen molar-refractivity contribution in [2.75, 3.05) is 7.11 Å². The standard InChI is InChI=1S/C5H8O6/c1-11-5(10)3(7)2(6)4(8)9/h2-3,6-7H,1H3,(H,8,9)/t2-,3+/m1/s1. The highest BCUT2D eigenvalue weighted by Gasteiger charge is 2.30. The van der Waals surface area contributed by atoms with Crippen LogP contribution in [0.15, 0.2) is 0 Å². The Morgan fingerprint density at radius 1 is 1.27 bits per heavy atom. The van der Waals surface area contributed by atoms with Crippen LogP contribution in [0.5, 0.6) is 0 Å². The summed E-state index contributed by atoms with van der Waals surface area (Å²) < 4.78 is 3.97. The van der Waals surface area contributed by atoms with Crippen LogP contribution in [-0.4, -0.2) is 46.6 Å². The maximum absolute atomic E-state index is 10.4. The van der Waals surface area contributed by atoms with Gasteiger partial charge in [0.2, 0.25) is 0 Å². The minimum atomic E-state index is -2.14. The quantitative estimate of drug-likeness (QED) is 0.415. The zero-order valence-corrected chi connectivity index (χ0v) is 5.72. The molecule has 64 valence electrons. The van der Waals surface area contributed by atoms with E-state index in [2.05, 4.69) is 4.74 Å². The zero-order valence-electron chi connectivity index (χ0n) is 5.72. The largest absolute Gasteiger partial charge is 0.479 e. The number of carbonyl (C=O) groups excluding carboxylic acids is 1. The maximum Gasteiger partial charge on any atom is 0.338 e. The fourth-order valence-corrected chi connectivity index (χ4v) is 0.385. The molecule has 0 bridgehead atoms. The highest BCUT2D eigenvalue weighted by molar-refractivity contribution is 5.84. The summed E-state index contributed by atoms with van der Waals surface area (Å²) in [6.07, 6.45) is -4.17. The van der Waals surface area contributed by atoms with Gasteiger partial charge in [0.1, 0.15) is 0 Å². The molecule has 0 rings (SSSR count). The number of hydrogen-bond donors (Lipinski definition) is 3. The molecule has 0 aromatic carbocycles. The molecule has 3 N–H and O–H groups in total. The van der Waals surface area contributed by atoms with Gasteiger partial charge in [-0.25, -0.2) is 9.59 Å². The van der Waals surface area contributed by atoms with Crippen LogP contribution in [0.1, 0.15) is 0 Å². The van der Waals surface area contributed by atoms with Gasteiger partial charge in [0.05, 0.1) is 7.11 Å². The highest BCUT2D eigenvalue weighted by Crippen LogP contribution is 1.95. The number of methoxy groups -OCH3 is 1. The van der Waals surface area contributed by atoms with E-state index >= 15 is 0 Å². The molecule has 6 heteroatoms. The van der Waals surface area contributed by atoms with Crippen LogP contribution in [0.25, 0.3) is 0 Å². The summed E-state index contributed by atoms with van der Waals surface area (Å²) >= 11 is 0. The summed E-state index contributed by atoms with van der Waals surface area (Å²) in [6.45, 7) is 0. The fourth-order valence-electron chi connectivity index (χ4n) is 0.385. The minimum Gasteiger partial charge on any atom is -0.479 e. The SMILES string of the molecule is COC(=O)[C@@H](O)[C@@H](O)C(=O)O. The number of rotatable bonds is 3. The molecule has 0 aromatic rings. The van der Waals surface area contributed by atoms with Gasteiger partial charge in [-0.3, -0.25) is 0 Å². The molecular formula is C5H8O6. The minimum absolute atomic E-state index is 0.972. The Hall–Kier alpha value is -1.14. The lowest BCUT2D eigenvalue weighted by Gasteiger charge is -2.10. The first-order chi connectivity index (χ1) is 5.00. The van der Waals surface area contributed by atoms with Gasteiger partial charge < -0.3 is 20.1 Å². The molecule has 0 saturated heterocycles. The van der Waals surface area contributed by atoms with Gasteiger partial charge in [-0.1, -0.05) is 0 Å². The third kappa shape index (κ3) is 2.52. The Balaban J connectivity index is 4.12. The second kappa shape index (κ2) is 3.89. The van der Waals surface area contributed by atoms with E-state index in [1.54, 1.807) is 0 Å². The van der Waals surface area contributed by atoms with Gasteiger partial charge in [0.15, 0.2) is 12.2 Å². The van der Waals surface area contributed by atoms with Crippen LogP contribution in [0.2, 0.25) is 0 Å². The summed E-state index contributed by atoms with van der Waals surface area (Å²) in [6, 6.07) is 0. The van der Waals surface area contributed by atoms with E-state index in [1.165, 1.54) is 0 Å². The molecule has 0 heterocycles. The Morgan fingerprint density at radius 3 is 2.00 bits per heavy atom. The van der Waals surface area contributed by atoms with Gasteiger partial charge in [0.25, 0.3) is 0 Å². The molecule has 0 unspecified atom stereocenters. The molecule has 0 aliphatic carbocycles. The first-order valence-corrected chi connectivity index (χ1v) is 2.67. The molecule has 0 saturated carbocycles. The summed E-state index contributed by atoms with van der Waals surface area (Å²) in [7, 11) is 0.972. The van der Waals surface area contributed by atoms with Gasteiger partial charge in [-0.15, -0.1) is 0 Å². The van der Waals surface area contributed by atoms with Crippen molar-refractivity contribution >= 4 is 11.9 Å². The molecule has 0 aliphatic rings. The predicted octanol–water partition coefficient (Wildman–Crippen LogP) is -2.03. The lowest BCUT2D eigenvalue weighted by Crippen LogP contribution is -2.40. The third-order valence-corrected chi connectivity index (χ3v) is 0.995. The molecule has 0 radical (unpaired) electrons. The van der Waals surface area contributed by atoms with Crippen molar-refractivity contribution in [1.29, 1.82) is 0 Å². The number of esters is 1. The number of carboxylic acid groups (broad SMARTS) is 1. The normalized spacial score (nSPS) is 15.2. The number of aliphatic hydroxyl groups excluding tert-OH is 2. The number of carboxylic acids is 1. The second-order valence-corrected chi connectivity index (χ2v) is 1.75. The molecule has 6 nitrogen and oxygen atoms in total. The van der Waals surface area contributed by atoms with Gasteiger partial charge in [-0.2, -0.15) is 0 Å². The van der Waals surface area contributed by atoms with Gasteiger partial charge in [-0.05, 0) is 0 Å². The van der Waals surface area contributed by atoms with E-state index in [-0.39, 0.29) is 0 Å². The van der Waals surface area contributed by atoms with Crippen molar-refractivity contribution < 1.29 is 29.6 Å². The van der Waals surface area contributed by atoms with E-state index in [4.69, 9.17) is 15.3 Å². The van der Waals surface area contributed by atoms with Crippen molar-refractivity contribution in [3.8, 4) is 0 Å². The van der Waals surface area contributed by atoms with Crippen LogP contribution < -0.4 is 0 Å². The average molecular weight is 164 g/mol. The number of ether oxygens (including phenoxy) is 1. The number of aliphatic carboxylic acids is 1. The Bertz CT molecular complexity index is 164. The number of carbonyl (C=O) groups is 2. The topological polar surface area (TPSA) is 104 Å². The predicted molar refractivity (Wildman–Crippen MR) is 31.7 cm³/mol. The molecule has 2 atom stereocenters. The molecule has 0 fully saturated rings. The maximum atomic E-state index is 10.4. The average Bonchev–Trinajstić information content (AvgIpc) is 2.00. The lowest BCUT2D eigenvalue weighted by molar-refractivity contribution is -0.167. The smallest absolute Gasteiger partial charge is 0.338 e. The molecule has 0 amide bonds. The first kappa shape index (κ1) is 9.86. The molecule has 11 heavy (non-hydrogen) atoms. The molecule has 0 spiro atoms. The van der Waals surface area contributed by atoms with E-state index in [1.807, 2.05) is 0 Å². The van der Waals surface area contributed by atoms with E-state index in [9.17, 15) is 9.59 Å². The van der Waals surface area contributed by atoms with Crippen molar-refractivity contribution in [2.45, 2.75) is 12.2 Å². The van der Waals surface area contributed by atoms with E-state index < -0.39 is 24.1 Å². The van der Waals surface area contributed by atoms with Crippen LogP contribution in [0.3, 0.4) is 0 Å². The highest BCUT2D eigenvalue weighted by atomic mass is 16.5. The van der Waals surface area contributed by atoms with Crippen molar-refractivity contribution in [3.05, 3.63) is 0 Å². The van der Waals surface area contributed by atoms with Crippen LogP contribution >= 0.6 is 0 Å². The molecular weight excluding hydrogens is 156 g/mol. The van der Waals surface area contributed by atoms with Crippen LogP contribution in [-0.2, 0) is 14.3 Å².